The lowest BCUT2D eigenvalue weighted by Gasteiger charge is -2.40. The molecule has 0 aromatic heterocycles. The Morgan fingerprint density at radius 1 is 1.32 bits per heavy atom. The lowest BCUT2D eigenvalue weighted by Crippen LogP contribution is -2.56. The third kappa shape index (κ3) is 2.74. The molecule has 0 saturated carbocycles. The first-order valence-corrected chi connectivity index (χ1v) is 8.52. The smallest absolute Gasteiger partial charge is 0.325 e. The Morgan fingerprint density at radius 3 is 2.77 bits per heavy atom. The molecule has 3 amide bonds. The van der Waals surface area contributed by atoms with E-state index in [4.69, 9.17) is 4.74 Å². The molecule has 124 valence electrons. The standard InChI is InChI=1S/C16H27N3O3/c1-3-19-14(20)16(2,17-15(19)21)12-6-4-8-18(10-12)11-13-7-5-9-22-13/h12-13H,3-11H2,1-2H3,(H,17,21)/t12-,13+,16-/m1/s1. The minimum Gasteiger partial charge on any atom is -0.377 e. The van der Waals surface area contributed by atoms with Crippen molar-refractivity contribution in [3.05, 3.63) is 0 Å². The molecule has 0 bridgehead atoms. The Morgan fingerprint density at radius 2 is 2.14 bits per heavy atom. The highest BCUT2D eigenvalue weighted by Crippen LogP contribution is 2.32. The molecule has 0 aromatic carbocycles. The van der Waals surface area contributed by atoms with Crippen molar-refractivity contribution >= 4 is 11.9 Å². The molecule has 3 atom stereocenters. The molecule has 0 aromatic rings. The normalized spacial score (nSPS) is 36.9. The number of carbonyl (C=O) groups excluding carboxylic acids is 2. The molecule has 22 heavy (non-hydrogen) atoms. The zero-order valence-electron chi connectivity index (χ0n) is 13.6. The van der Waals surface area contributed by atoms with Crippen molar-refractivity contribution in [2.45, 2.75) is 51.2 Å². The highest BCUT2D eigenvalue weighted by atomic mass is 16.5. The summed E-state index contributed by atoms with van der Waals surface area (Å²) in [5.74, 6) is 0.111. The molecule has 6 heteroatoms. The second-order valence-electron chi connectivity index (χ2n) is 6.92. The van der Waals surface area contributed by atoms with Gasteiger partial charge in [-0.3, -0.25) is 9.69 Å². The van der Waals surface area contributed by atoms with Gasteiger partial charge in [0.2, 0.25) is 0 Å². The lowest BCUT2D eigenvalue weighted by molar-refractivity contribution is -0.133. The van der Waals surface area contributed by atoms with E-state index in [1.54, 1.807) is 0 Å². The first kappa shape index (κ1) is 15.7. The van der Waals surface area contributed by atoms with E-state index in [1.807, 2.05) is 13.8 Å². The number of ether oxygens (including phenoxy) is 1. The maximum Gasteiger partial charge on any atom is 0.325 e. The molecule has 3 rings (SSSR count). The first-order valence-electron chi connectivity index (χ1n) is 8.52. The van der Waals surface area contributed by atoms with Crippen LogP contribution in [0.4, 0.5) is 4.79 Å². The highest BCUT2D eigenvalue weighted by Gasteiger charge is 2.52. The largest absolute Gasteiger partial charge is 0.377 e. The fourth-order valence-electron chi connectivity index (χ4n) is 4.05. The van der Waals surface area contributed by atoms with Crippen molar-refractivity contribution in [3.63, 3.8) is 0 Å². The molecule has 3 saturated heterocycles. The van der Waals surface area contributed by atoms with Crippen LogP contribution in [-0.2, 0) is 9.53 Å². The Hall–Kier alpha value is -1.14. The summed E-state index contributed by atoms with van der Waals surface area (Å²) in [5.41, 5.74) is -0.748. The predicted molar refractivity (Wildman–Crippen MR) is 82.5 cm³/mol. The van der Waals surface area contributed by atoms with Crippen molar-refractivity contribution in [3.8, 4) is 0 Å². The molecule has 3 heterocycles. The molecule has 6 nitrogen and oxygen atoms in total. The summed E-state index contributed by atoms with van der Waals surface area (Å²) in [7, 11) is 0. The van der Waals surface area contributed by atoms with Gasteiger partial charge in [-0.05, 0) is 46.1 Å². The van der Waals surface area contributed by atoms with Crippen LogP contribution in [0.15, 0.2) is 0 Å². The van der Waals surface area contributed by atoms with Gasteiger partial charge < -0.3 is 15.0 Å². The maximum absolute atomic E-state index is 12.6. The molecule has 1 N–H and O–H groups in total. The van der Waals surface area contributed by atoms with Gasteiger partial charge in [-0.2, -0.15) is 0 Å². The Bertz CT molecular complexity index is 450. The van der Waals surface area contributed by atoms with Gasteiger partial charge in [-0.25, -0.2) is 4.79 Å². The van der Waals surface area contributed by atoms with Gasteiger partial charge in [0.15, 0.2) is 0 Å². The number of imide groups is 1. The number of urea groups is 1. The monoisotopic (exact) mass is 309 g/mol. The van der Waals surface area contributed by atoms with Crippen LogP contribution >= 0.6 is 0 Å². The van der Waals surface area contributed by atoms with Crippen LogP contribution in [-0.4, -0.2) is 66.2 Å². The summed E-state index contributed by atoms with van der Waals surface area (Å²) in [6.45, 7) is 7.92. The SMILES string of the molecule is CCN1C(=O)N[C@](C)([C@@H]2CCCN(C[C@@H]3CCCO3)C2)C1=O. The van der Waals surface area contributed by atoms with E-state index in [2.05, 4.69) is 10.2 Å². The number of rotatable bonds is 4. The van der Waals surface area contributed by atoms with Gasteiger partial charge >= 0.3 is 6.03 Å². The molecular formula is C16H27N3O3. The number of likely N-dealkylation sites (tertiary alicyclic amines) is 1. The zero-order chi connectivity index (χ0) is 15.7. The van der Waals surface area contributed by atoms with E-state index in [0.29, 0.717) is 12.6 Å². The zero-order valence-corrected chi connectivity index (χ0v) is 13.6. The van der Waals surface area contributed by atoms with Crippen molar-refractivity contribution < 1.29 is 14.3 Å². The number of likely N-dealkylation sites (N-methyl/N-ethyl adjacent to an activating group) is 1. The molecule has 0 unspecified atom stereocenters. The summed E-state index contributed by atoms with van der Waals surface area (Å²) in [5, 5.41) is 2.94. The quantitative estimate of drug-likeness (QED) is 0.793. The van der Waals surface area contributed by atoms with Crippen LogP contribution in [0.1, 0.15) is 39.5 Å². The number of piperidine rings is 1. The number of nitrogens with one attached hydrogen (secondary N) is 1. The van der Waals surface area contributed by atoms with E-state index < -0.39 is 5.54 Å². The van der Waals surface area contributed by atoms with Crippen LogP contribution < -0.4 is 5.32 Å². The second-order valence-corrected chi connectivity index (χ2v) is 6.92. The molecule has 0 radical (unpaired) electrons. The number of amides is 3. The van der Waals surface area contributed by atoms with Crippen molar-refractivity contribution in [1.82, 2.24) is 15.1 Å². The van der Waals surface area contributed by atoms with Crippen molar-refractivity contribution in [2.75, 3.05) is 32.8 Å². The van der Waals surface area contributed by atoms with E-state index >= 15 is 0 Å². The number of hydrogen-bond donors (Lipinski definition) is 1. The van der Waals surface area contributed by atoms with Gasteiger partial charge in [-0.1, -0.05) is 0 Å². The lowest BCUT2D eigenvalue weighted by atomic mass is 9.80. The fraction of sp³-hybridized carbons (Fsp3) is 0.875. The summed E-state index contributed by atoms with van der Waals surface area (Å²) < 4.78 is 5.73. The molecule has 3 aliphatic heterocycles. The van der Waals surface area contributed by atoms with Crippen LogP contribution in [0, 0.1) is 5.92 Å². The highest BCUT2D eigenvalue weighted by molar-refractivity contribution is 6.07. The molecule has 0 aliphatic carbocycles. The average Bonchev–Trinajstić information content (AvgIpc) is 3.07. The van der Waals surface area contributed by atoms with Gasteiger partial charge in [0.1, 0.15) is 5.54 Å². The number of nitrogens with zero attached hydrogens (tertiary/aromatic N) is 2. The number of carbonyl (C=O) groups is 2. The molecular weight excluding hydrogens is 282 g/mol. The van der Waals surface area contributed by atoms with Crippen LogP contribution in [0.3, 0.4) is 0 Å². The van der Waals surface area contributed by atoms with E-state index in [0.717, 1.165) is 51.9 Å². The third-order valence-corrected chi connectivity index (χ3v) is 5.43. The second kappa shape index (κ2) is 6.16. The maximum atomic E-state index is 12.6. The van der Waals surface area contributed by atoms with Gasteiger partial charge in [-0.15, -0.1) is 0 Å². The minimum atomic E-state index is -0.748. The van der Waals surface area contributed by atoms with Crippen molar-refractivity contribution in [1.29, 1.82) is 0 Å². The van der Waals surface area contributed by atoms with Crippen LogP contribution in [0.5, 0.6) is 0 Å². The van der Waals surface area contributed by atoms with Crippen LogP contribution in [0.25, 0.3) is 0 Å². The Labute approximate surface area is 132 Å². The van der Waals surface area contributed by atoms with Gasteiger partial charge in [0, 0.05) is 32.2 Å². The summed E-state index contributed by atoms with van der Waals surface area (Å²) in [4.78, 5) is 28.4. The summed E-state index contributed by atoms with van der Waals surface area (Å²) in [6.07, 6.45) is 4.69. The molecule has 0 spiro atoms. The minimum absolute atomic E-state index is 0.0658. The van der Waals surface area contributed by atoms with Gasteiger partial charge in [0.05, 0.1) is 6.10 Å². The van der Waals surface area contributed by atoms with Crippen LogP contribution in [0.2, 0.25) is 0 Å². The topological polar surface area (TPSA) is 61.9 Å². The molecule has 3 fully saturated rings. The summed E-state index contributed by atoms with van der Waals surface area (Å²) in [6, 6.07) is -0.244. The number of hydrogen-bond acceptors (Lipinski definition) is 4. The predicted octanol–water partition coefficient (Wildman–Crippen LogP) is 1.21. The molecule has 3 aliphatic rings. The van der Waals surface area contributed by atoms with Gasteiger partial charge in [0.25, 0.3) is 5.91 Å². The average molecular weight is 309 g/mol. The van der Waals surface area contributed by atoms with E-state index in [-0.39, 0.29) is 17.9 Å². The van der Waals surface area contributed by atoms with E-state index in [9.17, 15) is 9.59 Å². The summed E-state index contributed by atoms with van der Waals surface area (Å²) >= 11 is 0. The fourth-order valence-corrected chi connectivity index (χ4v) is 4.05. The Kier molecular flexibility index (Phi) is 4.41. The third-order valence-electron chi connectivity index (χ3n) is 5.43. The van der Waals surface area contributed by atoms with E-state index in [1.165, 1.54) is 4.90 Å². The first-order chi connectivity index (χ1) is 10.5. The Balaban J connectivity index is 1.66. The van der Waals surface area contributed by atoms with Crippen molar-refractivity contribution in [2.24, 2.45) is 5.92 Å².